The first kappa shape index (κ1) is 14.9. The third-order valence-electron chi connectivity index (χ3n) is 2.95. The molecule has 1 aliphatic rings. The second kappa shape index (κ2) is 6.72. The standard InChI is InChI=1S/C13H16O6/c1-3-11(14)18-9-6-5-8(13(16)17)7-10(9)19-12(15)4-2/h3-4,8-10H,1-2,5-7H2,(H,16,17). The van der Waals surface area contributed by atoms with Crippen LogP contribution in [0.15, 0.2) is 25.3 Å². The summed E-state index contributed by atoms with van der Waals surface area (Å²) in [5, 5.41) is 8.98. The zero-order valence-electron chi connectivity index (χ0n) is 10.4. The van der Waals surface area contributed by atoms with Gasteiger partial charge in [0.15, 0.2) is 0 Å². The molecule has 0 aromatic heterocycles. The van der Waals surface area contributed by atoms with Crippen LogP contribution in [-0.4, -0.2) is 35.2 Å². The molecule has 0 radical (unpaired) electrons. The summed E-state index contributed by atoms with van der Waals surface area (Å²) in [4.78, 5) is 33.3. The minimum absolute atomic E-state index is 0.115. The Morgan fingerprint density at radius 2 is 1.53 bits per heavy atom. The molecule has 0 heterocycles. The summed E-state index contributed by atoms with van der Waals surface area (Å²) in [7, 11) is 0. The van der Waals surface area contributed by atoms with Crippen molar-refractivity contribution in [2.75, 3.05) is 0 Å². The Bertz CT molecular complexity index is 400. The van der Waals surface area contributed by atoms with E-state index in [1.165, 1.54) is 0 Å². The van der Waals surface area contributed by atoms with Crippen LogP contribution in [0.1, 0.15) is 19.3 Å². The van der Waals surface area contributed by atoms with Crippen molar-refractivity contribution in [3.63, 3.8) is 0 Å². The lowest BCUT2D eigenvalue weighted by atomic mass is 9.85. The summed E-state index contributed by atoms with van der Waals surface area (Å²) in [5.41, 5.74) is 0. The first-order chi connectivity index (χ1) is 8.97. The zero-order chi connectivity index (χ0) is 14.4. The van der Waals surface area contributed by atoms with Crippen LogP contribution in [-0.2, 0) is 23.9 Å². The van der Waals surface area contributed by atoms with Gasteiger partial charge in [0, 0.05) is 18.6 Å². The third-order valence-corrected chi connectivity index (χ3v) is 2.95. The van der Waals surface area contributed by atoms with Crippen LogP contribution in [0.2, 0.25) is 0 Å². The Morgan fingerprint density at radius 3 is 2.00 bits per heavy atom. The van der Waals surface area contributed by atoms with E-state index in [4.69, 9.17) is 14.6 Å². The van der Waals surface area contributed by atoms with E-state index in [1.807, 2.05) is 0 Å². The van der Waals surface area contributed by atoms with Gasteiger partial charge in [-0.25, -0.2) is 9.59 Å². The topological polar surface area (TPSA) is 89.9 Å². The lowest BCUT2D eigenvalue weighted by Crippen LogP contribution is -2.41. The molecule has 1 rings (SSSR count). The Morgan fingerprint density at radius 1 is 1.00 bits per heavy atom. The summed E-state index contributed by atoms with van der Waals surface area (Å²) in [5.74, 6) is -2.86. The van der Waals surface area contributed by atoms with Crippen molar-refractivity contribution in [1.82, 2.24) is 0 Å². The molecule has 1 saturated carbocycles. The molecular weight excluding hydrogens is 252 g/mol. The number of carbonyl (C=O) groups is 3. The largest absolute Gasteiger partial charge is 0.481 e. The van der Waals surface area contributed by atoms with Crippen molar-refractivity contribution in [2.45, 2.75) is 31.5 Å². The molecule has 0 amide bonds. The number of hydrogen-bond donors (Lipinski definition) is 1. The van der Waals surface area contributed by atoms with Crippen molar-refractivity contribution in [3.05, 3.63) is 25.3 Å². The highest BCUT2D eigenvalue weighted by atomic mass is 16.6. The van der Waals surface area contributed by atoms with Gasteiger partial charge >= 0.3 is 17.9 Å². The fraction of sp³-hybridized carbons (Fsp3) is 0.462. The average Bonchev–Trinajstić information content (AvgIpc) is 2.39. The fourth-order valence-corrected chi connectivity index (χ4v) is 1.98. The molecule has 3 atom stereocenters. The van der Waals surface area contributed by atoms with Crippen LogP contribution in [0.3, 0.4) is 0 Å². The van der Waals surface area contributed by atoms with E-state index in [0.717, 1.165) is 12.2 Å². The molecule has 6 heteroatoms. The van der Waals surface area contributed by atoms with Crippen LogP contribution in [0.5, 0.6) is 0 Å². The maximum atomic E-state index is 11.2. The molecule has 1 fully saturated rings. The first-order valence-corrected chi connectivity index (χ1v) is 5.86. The predicted octanol–water partition coefficient (Wildman–Crippen LogP) is 1.07. The van der Waals surface area contributed by atoms with Crippen molar-refractivity contribution in [1.29, 1.82) is 0 Å². The highest BCUT2D eigenvalue weighted by Crippen LogP contribution is 2.29. The normalized spacial score (nSPS) is 26.0. The molecule has 3 unspecified atom stereocenters. The molecule has 1 N–H and O–H groups in total. The van der Waals surface area contributed by atoms with E-state index < -0.39 is 36.0 Å². The molecule has 0 aliphatic heterocycles. The van der Waals surface area contributed by atoms with Gasteiger partial charge in [-0.15, -0.1) is 0 Å². The summed E-state index contributed by atoms with van der Waals surface area (Å²) >= 11 is 0. The molecule has 0 aromatic rings. The van der Waals surface area contributed by atoms with Gasteiger partial charge in [-0.3, -0.25) is 4.79 Å². The number of carbonyl (C=O) groups excluding carboxylic acids is 2. The van der Waals surface area contributed by atoms with Crippen LogP contribution in [0, 0.1) is 5.92 Å². The Labute approximate surface area is 110 Å². The van der Waals surface area contributed by atoms with E-state index in [0.29, 0.717) is 12.8 Å². The Balaban J connectivity index is 2.74. The average molecular weight is 268 g/mol. The van der Waals surface area contributed by atoms with Gasteiger partial charge in [-0.2, -0.15) is 0 Å². The highest BCUT2D eigenvalue weighted by Gasteiger charge is 2.37. The van der Waals surface area contributed by atoms with E-state index in [-0.39, 0.29) is 6.42 Å². The number of carboxylic acids is 1. The summed E-state index contributed by atoms with van der Waals surface area (Å²) in [6.45, 7) is 6.55. The minimum Gasteiger partial charge on any atom is -0.481 e. The quantitative estimate of drug-likeness (QED) is 0.592. The second-order valence-corrected chi connectivity index (χ2v) is 4.21. The van der Waals surface area contributed by atoms with E-state index in [1.54, 1.807) is 0 Å². The predicted molar refractivity (Wildman–Crippen MR) is 65.1 cm³/mol. The number of hydrogen-bond acceptors (Lipinski definition) is 5. The van der Waals surface area contributed by atoms with Gasteiger partial charge in [0.05, 0.1) is 5.92 Å². The molecular formula is C13H16O6. The molecule has 0 aromatic carbocycles. The molecule has 6 nitrogen and oxygen atoms in total. The smallest absolute Gasteiger partial charge is 0.330 e. The summed E-state index contributed by atoms with van der Waals surface area (Å²) in [6.07, 6.45) is 1.38. The van der Waals surface area contributed by atoms with Gasteiger partial charge in [0.2, 0.25) is 0 Å². The number of aliphatic carboxylic acids is 1. The lowest BCUT2D eigenvalue weighted by Gasteiger charge is -2.33. The van der Waals surface area contributed by atoms with Crippen LogP contribution in [0.25, 0.3) is 0 Å². The van der Waals surface area contributed by atoms with E-state index in [2.05, 4.69) is 13.2 Å². The van der Waals surface area contributed by atoms with Crippen LogP contribution in [0.4, 0.5) is 0 Å². The SMILES string of the molecule is C=CC(=O)OC1CCC(C(=O)O)CC1OC(=O)C=C. The zero-order valence-corrected chi connectivity index (χ0v) is 10.4. The second-order valence-electron chi connectivity index (χ2n) is 4.21. The maximum absolute atomic E-state index is 11.2. The molecule has 19 heavy (non-hydrogen) atoms. The summed E-state index contributed by atoms with van der Waals surface area (Å²) < 4.78 is 10.1. The van der Waals surface area contributed by atoms with E-state index in [9.17, 15) is 14.4 Å². The molecule has 104 valence electrons. The molecule has 0 bridgehead atoms. The number of rotatable bonds is 5. The number of esters is 2. The maximum Gasteiger partial charge on any atom is 0.330 e. The molecule has 0 saturated heterocycles. The first-order valence-electron chi connectivity index (χ1n) is 5.86. The fourth-order valence-electron chi connectivity index (χ4n) is 1.98. The van der Waals surface area contributed by atoms with Crippen molar-refractivity contribution < 1.29 is 29.0 Å². The van der Waals surface area contributed by atoms with Gasteiger partial charge in [0.25, 0.3) is 0 Å². The lowest BCUT2D eigenvalue weighted by molar-refractivity contribution is -0.170. The van der Waals surface area contributed by atoms with Crippen molar-refractivity contribution in [3.8, 4) is 0 Å². The third kappa shape index (κ3) is 4.24. The molecule has 0 spiro atoms. The Hall–Kier alpha value is -2.11. The number of carboxylic acid groups (broad SMARTS) is 1. The van der Waals surface area contributed by atoms with Gasteiger partial charge in [-0.1, -0.05) is 13.2 Å². The van der Waals surface area contributed by atoms with Crippen molar-refractivity contribution in [2.24, 2.45) is 5.92 Å². The van der Waals surface area contributed by atoms with Gasteiger partial charge in [-0.05, 0) is 12.8 Å². The summed E-state index contributed by atoms with van der Waals surface area (Å²) in [6, 6.07) is 0. The highest BCUT2D eigenvalue weighted by molar-refractivity contribution is 5.82. The van der Waals surface area contributed by atoms with Crippen molar-refractivity contribution >= 4 is 17.9 Å². The van der Waals surface area contributed by atoms with E-state index >= 15 is 0 Å². The molecule has 1 aliphatic carbocycles. The number of ether oxygens (including phenoxy) is 2. The van der Waals surface area contributed by atoms with Crippen LogP contribution < -0.4 is 0 Å². The van der Waals surface area contributed by atoms with Crippen LogP contribution >= 0.6 is 0 Å². The monoisotopic (exact) mass is 268 g/mol. The van der Waals surface area contributed by atoms with Gasteiger partial charge in [0.1, 0.15) is 12.2 Å². The Kier molecular flexibility index (Phi) is 5.29. The van der Waals surface area contributed by atoms with Gasteiger partial charge < -0.3 is 14.6 Å². The minimum atomic E-state index is -0.951.